The molecule has 0 radical (unpaired) electrons. The molecule has 0 fully saturated rings. The summed E-state index contributed by atoms with van der Waals surface area (Å²) in [4.78, 5) is 12.2. The standard InChI is InChI=1S/C18H15N7/c1-10-4-2-6-12-14(10)20-17-16(12)23-25-18(21-17)24-22-13-8-7-11-5-3-9-19-15(11)13/h2-6,9H,7-8H2,1H3,(H2,20,21,24,25)/b22-13+. The number of nitrogens with one attached hydrogen (secondary N) is 2. The van der Waals surface area contributed by atoms with Gasteiger partial charge >= 0.3 is 0 Å². The van der Waals surface area contributed by atoms with Crippen molar-refractivity contribution in [3.63, 3.8) is 0 Å². The molecule has 0 atom stereocenters. The Bertz CT molecular complexity index is 1140. The largest absolute Gasteiger partial charge is 0.337 e. The number of aromatic amines is 1. The lowest BCUT2D eigenvalue weighted by Gasteiger charge is -2.00. The van der Waals surface area contributed by atoms with Crippen LogP contribution in [0.1, 0.15) is 23.2 Å². The van der Waals surface area contributed by atoms with Crippen molar-refractivity contribution in [3.8, 4) is 0 Å². The van der Waals surface area contributed by atoms with Crippen molar-refractivity contribution in [2.75, 3.05) is 5.43 Å². The van der Waals surface area contributed by atoms with Gasteiger partial charge in [0.25, 0.3) is 5.95 Å². The number of hydrogen-bond acceptors (Lipinski definition) is 6. The number of para-hydroxylation sites is 1. The second kappa shape index (κ2) is 5.34. The van der Waals surface area contributed by atoms with Crippen LogP contribution in [0.15, 0.2) is 41.6 Å². The third-order valence-electron chi connectivity index (χ3n) is 4.54. The molecule has 1 aromatic carbocycles. The Morgan fingerprint density at radius 2 is 2.08 bits per heavy atom. The molecule has 0 saturated heterocycles. The van der Waals surface area contributed by atoms with Gasteiger partial charge in [-0.25, -0.2) is 5.43 Å². The summed E-state index contributed by atoms with van der Waals surface area (Å²) in [6.45, 7) is 2.06. The van der Waals surface area contributed by atoms with E-state index in [1.807, 2.05) is 18.2 Å². The molecule has 5 rings (SSSR count). The summed E-state index contributed by atoms with van der Waals surface area (Å²) >= 11 is 0. The summed E-state index contributed by atoms with van der Waals surface area (Å²) in [5.74, 6) is 0.369. The minimum absolute atomic E-state index is 0.369. The van der Waals surface area contributed by atoms with Crippen molar-refractivity contribution in [2.24, 2.45) is 5.10 Å². The summed E-state index contributed by atoms with van der Waals surface area (Å²) in [5, 5.41) is 13.9. The third kappa shape index (κ3) is 2.24. The SMILES string of the molecule is Cc1cccc2c1[nH]c1nc(N/N=C3\CCc4cccnc43)nnc12. The highest BCUT2D eigenvalue weighted by molar-refractivity contribution is 6.05. The van der Waals surface area contributed by atoms with E-state index >= 15 is 0 Å². The number of anilines is 1. The van der Waals surface area contributed by atoms with Gasteiger partial charge in [-0.05, 0) is 37.0 Å². The minimum atomic E-state index is 0.369. The van der Waals surface area contributed by atoms with Crippen molar-refractivity contribution in [2.45, 2.75) is 19.8 Å². The fourth-order valence-corrected chi connectivity index (χ4v) is 3.29. The smallest absolute Gasteiger partial charge is 0.265 e. The zero-order chi connectivity index (χ0) is 16.8. The summed E-state index contributed by atoms with van der Waals surface area (Å²) < 4.78 is 0. The van der Waals surface area contributed by atoms with Gasteiger partial charge in [0, 0.05) is 11.6 Å². The number of hydrogen-bond donors (Lipinski definition) is 2. The molecule has 0 amide bonds. The van der Waals surface area contributed by atoms with Gasteiger partial charge in [-0.1, -0.05) is 24.3 Å². The Morgan fingerprint density at radius 1 is 1.12 bits per heavy atom. The van der Waals surface area contributed by atoms with Gasteiger partial charge in [0.2, 0.25) is 0 Å². The van der Waals surface area contributed by atoms with Crippen molar-refractivity contribution in [1.82, 2.24) is 25.1 Å². The van der Waals surface area contributed by atoms with Crippen LogP contribution in [0.5, 0.6) is 0 Å². The molecule has 7 heteroatoms. The van der Waals surface area contributed by atoms with Gasteiger partial charge in [-0.2, -0.15) is 10.1 Å². The second-order valence-corrected chi connectivity index (χ2v) is 6.14. The number of nitrogens with zero attached hydrogens (tertiary/aromatic N) is 5. The molecule has 4 aromatic rings. The number of pyridine rings is 1. The molecule has 0 spiro atoms. The van der Waals surface area contributed by atoms with Crippen LogP contribution >= 0.6 is 0 Å². The van der Waals surface area contributed by atoms with Gasteiger partial charge in [-0.3, -0.25) is 4.98 Å². The van der Waals surface area contributed by atoms with Crippen LogP contribution in [-0.4, -0.2) is 30.9 Å². The Labute approximate surface area is 143 Å². The number of aromatic nitrogens is 5. The van der Waals surface area contributed by atoms with Gasteiger partial charge in [0.15, 0.2) is 5.65 Å². The Balaban J connectivity index is 1.51. The Morgan fingerprint density at radius 3 is 3.04 bits per heavy atom. The van der Waals surface area contributed by atoms with E-state index in [2.05, 4.69) is 54.7 Å². The van der Waals surface area contributed by atoms with Crippen LogP contribution in [0.4, 0.5) is 5.95 Å². The molecule has 0 bridgehead atoms. The zero-order valence-corrected chi connectivity index (χ0v) is 13.6. The number of hydrazone groups is 1. The predicted molar refractivity (Wildman–Crippen MR) is 96.6 cm³/mol. The van der Waals surface area contributed by atoms with E-state index in [0.29, 0.717) is 11.6 Å². The number of H-pyrrole nitrogens is 1. The first-order valence-corrected chi connectivity index (χ1v) is 8.18. The summed E-state index contributed by atoms with van der Waals surface area (Å²) in [6, 6.07) is 10.1. The molecule has 1 aliphatic carbocycles. The molecule has 0 saturated carbocycles. The monoisotopic (exact) mass is 329 g/mol. The first kappa shape index (κ1) is 14.0. The first-order chi connectivity index (χ1) is 12.3. The quantitative estimate of drug-likeness (QED) is 0.552. The van der Waals surface area contributed by atoms with E-state index < -0.39 is 0 Å². The molecule has 3 heterocycles. The third-order valence-corrected chi connectivity index (χ3v) is 4.54. The number of aryl methyl sites for hydroxylation is 2. The van der Waals surface area contributed by atoms with Crippen molar-refractivity contribution in [1.29, 1.82) is 0 Å². The van der Waals surface area contributed by atoms with Crippen molar-refractivity contribution < 1.29 is 0 Å². The van der Waals surface area contributed by atoms with Crippen LogP contribution < -0.4 is 5.43 Å². The predicted octanol–water partition coefficient (Wildman–Crippen LogP) is 2.97. The lowest BCUT2D eigenvalue weighted by Crippen LogP contribution is -2.04. The molecule has 0 unspecified atom stereocenters. The van der Waals surface area contributed by atoms with Gasteiger partial charge < -0.3 is 4.98 Å². The highest BCUT2D eigenvalue weighted by atomic mass is 15.4. The van der Waals surface area contributed by atoms with Gasteiger partial charge in [-0.15, -0.1) is 10.2 Å². The molecule has 122 valence electrons. The van der Waals surface area contributed by atoms with Crippen molar-refractivity contribution >= 4 is 33.7 Å². The van der Waals surface area contributed by atoms with Crippen molar-refractivity contribution in [3.05, 3.63) is 53.3 Å². The van der Waals surface area contributed by atoms with E-state index in [-0.39, 0.29) is 0 Å². The maximum absolute atomic E-state index is 4.50. The topological polar surface area (TPSA) is 91.7 Å². The molecular formula is C18H15N7. The fraction of sp³-hybridized carbons (Fsp3) is 0.167. The summed E-state index contributed by atoms with van der Waals surface area (Å²) in [6.07, 6.45) is 3.61. The van der Waals surface area contributed by atoms with E-state index in [1.165, 1.54) is 5.56 Å². The Hall–Kier alpha value is -3.35. The van der Waals surface area contributed by atoms with Crippen LogP contribution in [0.3, 0.4) is 0 Å². The maximum atomic E-state index is 4.50. The van der Waals surface area contributed by atoms with Gasteiger partial charge in [0.1, 0.15) is 5.52 Å². The number of benzene rings is 1. The molecule has 0 aliphatic heterocycles. The number of fused-ring (bicyclic) bond motifs is 4. The molecule has 7 nitrogen and oxygen atoms in total. The lowest BCUT2D eigenvalue weighted by atomic mass is 10.1. The minimum Gasteiger partial charge on any atom is -0.337 e. The van der Waals surface area contributed by atoms with E-state index in [0.717, 1.165) is 46.2 Å². The van der Waals surface area contributed by atoms with Gasteiger partial charge in [0.05, 0.1) is 16.9 Å². The Kier molecular flexibility index (Phi) is 3.00. The van der Waals surface area contributed by atoms with E-state index in [1.54, 1.807) is 6.20 Å². The highest BCUT2D eigenvalue weighted by Crippen LogP contribution is 2.25. The number of rotatable bonds is 2. The maximum Gasteiger partial charge on any atom is 0.265 e. The van der Waals surface area contributed by atoms with Crippen LogP contribution in [0, 0.1) is 6.92 Å². The average Bonchev–Trinajstić information content (AvgIpc) is 3.22. The van der Waals surface area contributed by atoms with Crippen LogP contribution in [0.2, 0.25) is 0 Å². The highest BCUT2D eigenvalue weighted by Gasteiger charge is 2.18. The van der Waals surface area contributed by atoms with Crippen LogP contribution in [0.25, 0.3) is 22.1 Å². The summed E-state index contributed by atoms with van der Waals surface area (Å²) in [5.41, 5.74) is 9.68. The average molecular weight is 329 g/mol. The molecule has 1 aliphatic rings. The van der Waals surface area contributed by atoms with Crippen LogP contribution in [-0.2, 0) is 6.42 Å². The van der Waals surface area contributed by atoms with E-state index in [4.69, 9.17) is 0 Å². The normalized spacial score (nSPS) is 15.2. The molecule has 2 N–H and O–H groups in total. The van der Waals surface area contributed by atoms with E-state index in [9.17, 15) is 0 Å². The lowest BCUT2D eigenvalue weighted by molar-refractivity contribution is 1.00. The fourth-order valence-electron chi connectivity index (χ4n) is 3.29. The summed E-state index contributed by atoms with van der Waals surface area (Å²) in [7, 11) is 0. The second-order valence-electron chi connectivity index (χ2n) is 6.14. The first-order valence-electron chi connectivity index (χ1n) is 8.18. The zero-order valence-electron chi connectivity index (χ0n) is 13.6. The molecule has 25 heavy (non-hydrogen) atoms. The molecule has 3 aromatic heterocycles. The molecular weight excluding hydrogens is 314 g/mol.